The van der Waals surface area contributed by atoms with E-state index in [1.807, 2.05) is 24.3 Å². The van der Waals surface area contributed by atoms with Gasteiger partial charge in [-0.15, -0.1) is 0 Å². The van der Waals surface area contributed by atoms with Gasteiger partial charge in [0.2, 0.25) is 11.7 Å². The van der Waals surface area contributed by atoms with Gasteiger partial charge in [0.15, 0.2) is 0 Å². The molecule has 1 saturated carbocycles. The zero-order valence-electron chi connectivity index (χ0n) is 12.2. The van der Waals surface area contributed by atoms with Crippen LogP contribution in [0.4, 0.5) is 0 Å². The molecule has 1 aromatic carbocycles. The van der Waals surface area contributed by atoms with Gasteiger partial charge in [0, 0.05) is 10.6 Å². The van der Waals surface area contributed by atoms with Crippen molar-refractivity contribution in [2.75, 3.05) is 0 Å². The van der Waals surface area contributed by atoms with Gasteiger partial charge in [0.1, 0.15) is 0 Å². The van der Waals surface area contributed by atoms with Crippen LogP contribution in [0.25, 0.3) is 11.4 Å². The quantitative estimate of drug-likeness (QED) is 0.925. The van der Waals surface area contributed by atoms with Gasteiger partial charge in [0.25, 0.3) is 0 Å². The SMILES string of the molecule is CCC1CCC(N)(c2nc(-c3ccc(Cl)cc3)no2)CC1. The molecule has 1 fully saturated rings. The number of nitrogens with zero attached hydrogens (tertiary/aromatic N) is 2. The topological polar surface area (TPSA) is 64.9 Å². The largest absolute Gasteiger partial charge is 0.337 e. The first-order chi connectivity index (χ1) is 10.1. The van der Waals surface area contributed by atoms with Gasteiger partial charge in [-0.3, -0.25) is 0 Å². The number of benzene rings is 1. The Hall–Kier alpha value is -1.39. The van der Waals surface area contributed by atoms with E-state index in [0.717, 1.165) is 37.2 Å². The van der Waals surface area contributed by atoms with E-state index in [-0.39, 0.29) is 0 Å². The summed E-state index contributed by atoms with van der Waals surface area (Å²) >= 11 is 5.89. The molecule has 21 heavy (non-hydrogen) atoms. The molecule has 0 spiro atoms. The Kier molecular flexibility index (Phi) is 4.00. The monoisotopic (exact) mass is 305 g/mol. The molecular formula is C16H20ClN3O. The highest BCUT2D eigenvalue weighted by Crippen LogP contribution is 2.38. The maximum absolute atomic E-state index is 6.50. The molecule has 0 radical (unpaired) electrons. The molecule has 2 N–H and O–H groups in total. The highest BCUT2D eigenvalue weighted by molar-refractivity contribution is 6.30. The van der Waals surface area contributed by atoms with Crippen molar-refractivity contribution in [3.05, 3.63) is 35.2 Å². The number of halogens is 1. The van der Waals surface area contributed by atoms with E-state index >= 15 is 0 Å². The molecule has 1 aliphatic carbocycles. The van der Waals surface area contributed by atoms with Crippen LogP contribution >= 0.6 is 11.6 Å². The van der Waals surface area contributed by atoms with Crippen molar-refractivity contribution in [3.63, 3.8) is 0 Å². The van der Waals surface area contributed by atoms with Crippen LogP contribution in [0.5, 0.6) is 0 Å². The van der Waals surface area contributed by atoms with Gasteiger partial charge < -0.3 is 10.3 Å². The molecular weight excluding hydrogens is 286 g/mol. The zero-order chi connectivity index (χ0) is 14.9. The normalized spacial score (nSPS) is 26.0. The third-order valence-corrected chi connectivity index (χ3v) is 4.78. The lowest BCUT2D eigenvalue weighted by Crippen LogP contribution is -2.40. The summed E-state index contributed by atoms with van der Waals surface area (Å²) in [7, 11) is 0. The van der Waals surface area contributed by atoms with Gasteiger partial charge in [-0.05, 0) is 55.9 Å². The second-order valence-corrected chi connectivity index (χ2v) is 6.37. The van der Waals surface area contributed by atoms with Crippen LogP contribution in [-0.2, 0) is 5.54 Å². The van der Waals surface area contributed by atoms with E-state index in [2.05, 4.69) is 17.1 Å². The summed E-state index contributed by atoms with van der Waals surface area (Å²) in [6.07, 6.45) is 5.30. The third-order valence-electron chi connectivity index (χ3n) is 4.53. The van der Waals surface area contributed by atoms with Crippen molar-refractivity contribution in [3.8, 4) is 11.4 Å². The highest BCUT2D eigenvalue weighted by atomic mass is 35.5. The number of rotatable bonds is 3. The molecule has 1 aliphatic rings. The highest BCUT2D eigenvalue weighted by Gasteiger charge is 2.37. The number of hydrogen-bond acceptors (Lipinski definition) is 4. The molecule has 0 saturated heterocycles. The minimum absolute atomic E-state index is 0.469. The van der Waals surface area contributed by atoms with Crippen LogP contribution in [0.2, 0.25) is 5.02 Å². The Morgan fingerprint density at radius 3 is 2.57 bits per heavy atom. The summed E-state index contributed by atoms with van der Waals surface area (Å²) in [5.74, 6) is 1.91. The van der Waals surface area contributed by atoms with E-state index in [4.69, 9.17) is 21.9 Å². The fourth-order valence-electron chi connectivity index (χ4n) is 2.96. The molecule has 4 nitrogen and oxygen atoms in total. The molecule has 112 valence electrons. The Balaban J connectivity index is 1.80. The van der Waals surface area contributed by atoms with Crippen molar-refractivity contribution < 1.29 is 4.52 Å². The van der Waals surface area contributed by atoms with Gasteiger partial charge in [-0.25, -0.2) is 0 Å². The first-order valence-corrected chi connectivity index (χ1v) is 7.87. The zero-order valence-corrected chi connectivity index (χ0v) is 12.9. The third kappa shape index (κ3) is 2.97. The standard InChI is InChI=1S/C16H20ClN3O/c1-2-11-7-9-16(18,10-8-11)15-19-14(20-21-15)12-3-5-13(17)6-4-12/h3-6,11H,2,7-10,18H2,1H3. The first kappa shape index (κ1) is 14.5. The van der Waals surface area contributed by atoms with Gasteiger partial charge >= 0.3 is 0 Å². The molecule has 0 bridgehead atoms. The van der Waals surface area contributed by atoms with Gasteiger partial charge in [-0.1, -0.05) is 30.1 Å². The summed E-state index contributed by atoms with van der Waals surface area (Å²) < 4.78 is 5.44. The molecule has 1 heterocycles. The van der Waals surface area contributed by atoms with Crippen molar-refractivity contribution in [1.29, 1.82) is 0 Å². The average molecular weight is 306 g/mol. The molecule has 2 aromatic rings. The first-order valence-electron chi connectivity index (χ1n) is 7.50. The average Bonchev–Trinajstić information content (AvgIpc) is 2.99. The Morgan fingerprint density at radius 2 is 1.95 bits per heavy atom. The van der Waals surface area contributed by atoms with Gasteiger partial charge in [-0.2, -0.15) is 4.98 Å². The summed E-state index contributed by atoms with van der Waals surface area (Å²) in [6.45, 7) is 2.24. The van der Waals surface area contributed by atoms with E-state index < -0.39 is 5.54 Å². The van der Waals surface area contributed by atoms with E-state index in [1.54, 1.807) is 0 Å². The summed E-state index contributed by atoms with van der Waals surface area (Å²) in [5, 5.41) is 4.76. The lowest BCUT2D eigenvalue weighted by molar-refractivity contribution is 0.181. The van der Waals surface area contributed by atoms with Crippen molar-refractivity contribution in [2.45, 2.75) is 44.6 Å². The number of nitrogens with two attached hydrogens (primary N) is 1. The molecule has 5 heteroatoms. The van der Waals surface area contributed by atoms with E-state index in [9.17, 15) is 0 Å². The summed E-state index contributed by atoms with van der Waals surface area (Å²) in [4.78, 5) is 4.51. The van der Waals surface area contributed by atoms with Crippen LogP contribution in [0, 0.1) is 5.92 Å². The maximum atomic E-state index is 6.50. The predicted molar refractivity (Wildman–Crippen MR) is 82.9 cm³/mol. The van der Waals surface area contributed by atoms with Crippen LogP contribution in [0.3, 0.4) is 0 Å². The van der Waals surface area contributed by atoms with Crippen molar-refractivity contribution in [2.24, 2.45) is 11.7 Å². The number of aromatic nitrogens is 2. The lowest BCUT2D eigenvalue weighted by Gasteiger charge is -2.33. The van der Waals surface area contributed by atoms with Gasteiger partial charge in [0.05, 0.1) is 5.54 Å². The second kappa shape index (κ2) is 5.78. The summed E-state index contributed by atoms with van der Waals surface area (Å²) in [5.41, 5.74) is 6.92. The smallest absolute Gasteiger partial charge is 0.247 e. The second-order valence-electron chi connectivity index (χ2n) is 5.94. The van der Waals surface area contributed by atoms with Crippen molar-refractivity contribution >= 4 is 11.6 Å². The molecule has 0 amide bonds. The molecule has 3 rings (SSSR count). The number of hydrogen-bond donors (Lipinski definition) is 1. The molecule has 0 unspecified atom stereocenters. The molecule has 1 aromatic heterocycles. The predicted octanol–water partition coefficient (Wildman–Crippen LogP) is 4.14. The minimum Gasteiger partial charge on any atom is -0.337 e. The Morgan fingerprint density at radius 1 is 1.29 bits per heavy atom. The Bertz CT molecular complexity index is 600. The van der Waals surface area contributed by atoms with Crippen molar-refractivity contribution in [1.82, 2.24) is 10.1 Å². The fraction of sp³-hybridized carbons (Fsp3) is 0.500. The van der Waals surface area contributed by atoms with Crippen LogP contribution in [0.15, 0.2) is 28.8 Å². The minimum atomic E-state index is -0.469. The van der Waals surface area contributed by atoms with E-state index in [0.29, 0.717) is 16.7 Å². The summed E-state index contributed by atoms with van der Waals surface area (Å²) in [6, 6.07) is 7.40. The lowest BCUT2D eigenvalue weighted by atomic mass is 9.76. The van der Waals surface area contributed by atoms with Crippen LogP contribution in [-0.4, -0.2) is 10.1 Å². The fourth-order valence-corrected chi connectivity index (χ4v) is 3.08. The molecule has 0 atom stereocenters. The maximum Gasteiger partial charge on any atom is 0.247 e. The Labute approximate surface area is 129 Å². The van der Waals surface area contributed by atoms with Crippen LogP contribution < -0.4 is 5.73 Å². The molecule has 0 aliphatic heterocycles. The van der Waals surface area contributed by atoms with Crippen LogP contribution in [0.1, 0.15) is 44.9 Å². The van der Waals surface area contributed by atoms with E-state index in [1.165, 1.54) is 6.42 Å².